The van der Waals surface area contributed by atoms with Gasteiger partial charge < -0.3 is 10.4 Å². The number of hydrogen-bond acceptors (Lipinski definition) is 5. The van der Waals surface area contributed by atoms with E-state index in [0.29, 0.717) is 16.3 Å². The number of pyridine rings is 1. The van der Waals surface area contributed by atoms with Crippen LogP contribution in [-0.4, -0.2) is 27.0 Å². The van der Waals surface area contributed by atoms with Crippen molar-refractivity contribution in [2.45, 2.75) is 6.42 Å². The van der Waals surface area contributed by atoms with Crippen molar-refractivity contribution in [1.29, 1.82) is 0 Å². The molecule has 7 heteroatoms. The fourth-order valence-electron chi connectivity index (χ4n) is 1.28. The van der Waals surface area contributed by atoms with Gasteiger partial charge in [0.25, 0.3) is 5.91 Å². The number of anilines is 1. The first-order valence-electron chi connectivity index (χ1n) is 5.02. The highest BCUT2D eigenvalue weighted by molar-refractivity contribution is 7.11. The van der Waals surface area contributed by atoms with Gasteiger partial charge in [-0.2, -0.15) is 0 Å². The number of nitrogens with zero attached hydrogens (tertiary/aromatic N) is 2. The van der Waals surface area contributed by atoms with E-state index in [-0.39, 0.29) is 12.3 Å². The number of carboxylic acid groups (broad SMARTS) is 1. The van der Waals surface area contributed by atoms with Gasteiger partial charge in [0.05, 0.1) is 35.7 Å². The van der Waals surface area contributed by atoms with Crippen molar-refractivity contribution in [3.8, 4) is 0 Å². The lowest BCUT2D eigenvalue weighted by Crippen LogP contribution is -2.10. The molecule has 2 heterocycles. The zero-order valence-electron chi connectivity index (χ0n) is 9.16. The largest absolute Gasteiger partial charge is 0.481 e. The van der Waals surface area contributed by atoms with Crippen LogP contribution >= 0.6 is 11.3 Å². The van der Waals surface area contributed by atoms with Gasteiger partial charge in [-0.05, 0) is 12.1 Å². The molecule has 92 valence electrons. The van der Waals surface area contributed by atoms with Crippen molar-refractivity contribution >= 4 is 28.9 Å². The van der Waals surface area contributed by atoms with Crippen LogP contribution in [0.5, 0.6) is 0 Å². The lowest BCUT2D eigenvalue weighted by Gasteiger charge is -2.03. The van der Waals surface area contributed by atoms with Crippen molar-refractivity contribution in [3.63, 3.8) is 0 Å². The Kier molecular flexibility index (Phi) is 3.63. The van der Waals surface area contributed by atoms with Crippen LogP contribution in [0.3, 0.4) is 0 Å². The normalized spacial score (nSPS) is 10.0. The van der Waals surface area contributed by atoms with Crippen LogP contribution in [0.2, 0.25) is 0 Å². The molecule has 0 bridgehead atoms. The average Bonchev–Trinajstić information content (AvgIpc) is 2.84. The summed E-state index contributed by atoms with van der Waals surface area (Å²) >= 11 is 1.24. The molecule has 0 atom stereocenters. The summed E-state index contributed by atoms with van der Waals surface area (Å²) in [5, 5.41) is 11.2. The molecule has 1 amide bonds. The van der Waals surface area contributed by atoms with Crippen LogP contribution < -0.4 is 5.32 Å². The summed E-state index contributed by atoms with van der Waals surface area (Å²) in [5.74, 6) is -1.20. The predicted molar refractivity (Wildman–Crippen MR) is 65.6 cm³/mol. The van der Waals surface area contributed by atoms with E-state index >= 15 is 0 Å². The second-order valence-electron chi connectivity index (χ2n) is 3.43. The minimum atomic E-state index is -0.941. The number of rotatable bonds is 4. The Morgan fingerprint density at radius 3 is 2.72 bits per heavy atom. The van der Waals surface area contributed by atoms with E-state index < -0.39 is 5.97 Å². The Bertz CT molecular complexity index is 551. The maximum Gasteiger partial charge on any atom is 0.309 e. The van der Waals surface area contributed by atoms with Gasteiger partial charge in [0, 0.05) is 0 Å². The molecule has 0 spiro atoms. The van der Waals surface area contributed by atoms with Gasteiger partial charge in [0.2, 0.25) is 0 Å². The summed E-state index contributed by atoms with van der Waals surface area (Å²) < 4.78 is 0. The van der Waals surface area contributed by atoms with E-state index in [0.717, 1.165) is 0 Å². The van der Waals surface area contributed by atoms with Crippen molar-refractivity contribution in [3.05, 3.63) is 40.6 Å². The highest BCUT2D eigenvalue weighted by Crippen LogP contribution is 2.11. The van der Waals surface area contributed by atoms with E-state index in [9.17, 15) is 9.59 Å². The van der Waals surface area contributed by atoms with Gasteiger partial charge in [-0.15, -0.1) is 11.3 Å². The molecule has 0 aliphatic rings. The predicted octanol–water partition coefficient (Wildman–Crippen LogP) is 1.42. The molecule has 0 aromatic carbocycles. The molecule has 0 radical (unpaired) electrons. The molecule has 2 rings (SSSR count). The van der Waals surface area contributed by atoms with Crippen molar-refractivity contribution in [2.75, 3.05) is 5.32 Å². The van der Waals surface area contributed by atoms with Crippen LogP contribution in [0.25, 0.3) is 0 Å². The maximum absolute atomic E-state index is 11.7. The molecule has 0 saturated carbocycles. The summed E-state index contributed by atoms with van der Waals surface area (Å²) in [6.45, 7) is 0. The molecule has 0 aliphatic heterocycles. The summed E-state index contributed by atoms with van der Waals surface area (Å²) in [6.07, 6.45) is 2.77. The number of amides is 1. The first kappa shape index (κ1) is 12.2. The second kappa shape index (κ2) is 5.37. The molecule has 2 aromatic heterocycles. The highest BCUT2D eigenvalue weighted by atomic mass is 32.1. The first-order valence-corrected chi connectivity index (χ1v) is 5.89. The number of carbonyl (C=O) groups excluding carboxylic acids is 1. The monoisotopic (exact) mass is 263 g/mol. The van der Waals surface area contributed by atoms with Crippen LogP contribution in [-0.2, 0) is 11.2 Å². The SMILES string of the molecule is O=C(O)Cc1ccc(NC(=O)c2cncs2)cn1. The zero-order valence-corrected chi connectivity index (χ0v) is 9.98. The fourth-order valence-corrected chi connectivity index (χ4v) is 1.79. The summed E-state index contributed by atoms with van der Waals surface area (Å²) in [5.41, 5.74) is 2.53. The number of aromatic nitrogens is 2. The quantitative estimate of drug-likeness (QED) is 0.870. The third kappa shape index (κ3) is 3.11. The van der Waals surface area contributed by atoms with Gasteiger partial charge in [-0.3, -0.25) is 19.6 Å². The van der Waals surface area contributed by atoms with Crippen LogP contribution in [0, 0.1) is 0 Å². The summed E-state index contributed by atoms with van der Waals surface area (Å²) in [7, 11) is 0. The highest BCUT2D eigenvalue weighted by Gasteiger charge is 2.08. The molecule has 0 saturated heterocycles. The number of hydrogen-bond donors (Lipinski definition) is 2. The van der Waals surface area contributed by atoms with Crippen LogP contribution in [0.4, 0.5) is 5.69 Å². The van der Waals surface area contributed by atoms with Gasteiger partial charge in [-0.1, -0.05) is 0 Å². The summed E-state index contributed by atoms with van der Waals surface area (Å²) in [6, 6.07) is 3.18. The van der Waals surface area contributed by atoms with E-state index in [2.05, 4.69) is 15.3 Å². The molecule has 0 unspecified atom stereocenters. The Morgan fingerprint density at radius 2 is 2.17 bits per heavy atom. The van der Waals surface area contributed by atoms with Crippen LogP contribution in [0.15, 0.2) is 30.0 Å². The second-order valence-corrected chi connectivity index (χ2v) is 4.31. The van der Waals surface area contributed by atoms with E-state index in [1.54, 1.807) is 17.6 Å². The van der Waals surface area contributed by atoms with Crippen molar-refractivity contribution < 1.29 is 14.7 Å². The van der Waals surface area contributed by atoms with Crippen LogP contribution in [0.1, 0.15) is 15.4 Å². The molecule has 18 heavy (non-hydrogen) atoms. The number of carboxylic acids is 1. The Hall–Kier alpha value is -2.28. The lowest BCUT2D eigenvalue weighted by atomic mass is 10.2. The molecule has 6 nitrogen and oxygen atoms in total. The van der Waals surface area contributed by atoms with Gasteiger partial charge in [0.15, 0.2) is 0 Å². The Morgan fingerprint density at radius 1 is 1.33 bits per heavy atom. The molecule has 0 aliphatic carbocycles. The van der Waals surface area contributed by atoms with Gasteiger partial charge in [-0.25, -0.2) is 0 Å². The molecular formula is C11H9N3O3S. The number of thiazole rings is 1. The van der Waals surface area contributed by atoms with E-state index in [4.69, 9.17) is 5.11 Å². The molecule has 0 fully saturated rings. The Labute approximate surface area is 106 Å². The van der Waals surface area contributed by atoms with Crippen molar-refractivity contribution in [1.82, 2.24) is 9.97 Å². The molecular weight excluding hydrogens is 254 g/mol. The molecule has 2 aromatic rings. The third-order valence-electron chi connectivity index (χ3n) is 2.07. The Balaban J connectivity index is 2.02. The maximum atomic E-state index is 11.7. The fraction of sp³-hybridized carbons (Fsp3) is 0.0909. The lowest BCUT2D eigenvalue weighted by molar-refractivity contribution is -0.136. The minimum Gasteiger partial charge on any atom is -0.481 e. The van der Waals surface area contributed by atoms with Gasteiger partial charge >= 0.3 is 5.97 Å². The smallest absolute Gasteiger partial charge is 0.309 e. The minimum absolute atomic E-state index is 0.136. The number of carbonyl (C=O) groups is 2. The standard InChI is InChI=1S/C11H9N3O3S/c15-10(16)3-7-1-2-8(4-13-7)14-11(17)9-5-12-6-18-9/h1-2,4-6H,3H2,(H,14,17)(H,15,16). The topological polar surface area (TPSA) is 92.2 Å². The number of nitrogens with one attached hydrogen (secondary N) is 1. The van der Waals surface area contributed by atoms with Crippen molar-refractivity contribution in [2.24, 2.45) is 0 Å². The number of aliphatic carboxylic acids is 1. The molecule has 2 N–H and O–H groups in total. The third-order valence-corrected chi connectivity index (χ3v) is 2.84. The van der Waals surface area contributed by atoms with E-state index in [1.807, 2.05) is 0 Å². The van der Waals surface area contributed by atoms with Gasteiger partial charge in [0.1, 0.15) is 4.88 Å². The average molecular weight is 263 g/mol. The first-order chi connectivity index (χ1) is 8.65. The van der Waals surface area contributed by atoms with E-state index in [1.165, 1.54) is 23.7 Å². The zero-order chi connectivity index (χ0) is 13.0. The summed E-state index contributed by atoms with van der Waals surface area (Å²) in [4.78, 5) is 30.4.